The molecule has 0 radical (unpaired) electrons. The van der Waals surface area contributed by atoms with Gasteiger partial charge in [0.2, 0.25) is 0 Å². The van der Waals surface area contributed by atoms with E-state index in [9.17, 15) is 17.9 Å². The van der Waals surface area contributed by atoms with Gasteiger partial charge in [0.25, 0.3) is 0 Å². The lowest BCUT2D eigenvalue weighted by Gasteiger charge is -2.21. The Balaban J connectivity index is 3.11. The monoisotopic (exact) mass is 260 g/mol. The molecule has 0 aliphatic rings. The van der Waals surface area contributed by atoms with Crippen LogP contribution in [0.1, 0.15) is 31.9 Å². The quantitative estimate of drug-likeness (QED) is 0.881. The molecular weight excluding hydrogens is 243 g/mol. The molecular formula is C12H17FO3S. The third-order valence-corrected chi connectivity index (χ3v) is 5.16. The van der Waals surface area contributed by atoms with Gasteiger partial charge < -0.3 is 5.11 Å². The zero-order chi connectivity index (χ0) is 13.1. The van der Waals surface area contributed by atoms with Crippen molar-refractivity contribution in [3.05, 3.63) is 35.6 Å². The van der Waals surface area contributed by atoms with Crippen LogP contribution in [0.25, 0.3) is 0 Å². The second-order valence-electron chi connectivity index (χ2n) is 3.86. The minimum atomic E-state index is -3.39. The highest BCUT2D eigenvalue weighted by Crippen LogP contribution is 2.26. The summed E-state index contributed by atoms with van der Waals surface area (Å²) in [6.07, 6.45) is -1.06. The van der Waals surface area contributed by atoms with E-state index in [1.807, 2.05) is 0 Å². The van der Waals surface area contributed by atoms with Gasteiger partial charge in [0.1, 0.15) is 5.82 Å². The van der Waals surface area contributed by atoms with E-state index >= 15 is 0 Å². The van der Waals surface area contributed by atoms with Gasteiger partial charge >= 0.3 is 0 Å². The summed E-state index contributed by atoms with van der Waals surface area (Å²) in [5.74, 6) is -0.637. The molecule has 1 N–H and O–H groups in total. The van der Waals surface area contributed by atoms with Crippen molar-refractivity contribution in [1.29, 1.82) is 0 Å². The average molecular weight is 260 g/mol. The molecule has 0 saturated heterocycles. The fourth-order valence-corrected chi connectivity index (χ4v) is 3.28. The van der Waals surface area contributed by atoms with Crippen LogP contribution in [0.2, 0.25) is 0 Å². The third kappa shape index (κ3) is 3.04. The van der Waals surface area contributed by atoms with Crippen LogP contribution in [0.15, 0.2) is 24.3 Å². The van der Waals surface area contributed by atoms with E-state index in [0.717, 1.165) is 0 Å². The summed E-state index contributed by atoms with van der Waals surface area (Å²) in [5.41, 5.74) is 0.0383. The average Bonchev–Trinajstić information content (AvgIpc) is 2.30. The highest BCUT2D eigenvalue weighted by Gasteiger charge is 2.31. The van der Waals surface area contributed by atoms with Crippen LogP contribution in [0.4, 0.5) is 4.39 Å². The molecule has 96 valence electrons. The number of benzene rings is 1. The molecule has 0 amide bonds. The molecule has 1 aromatic rings. The predicted octanol–water partition coefficient (Wildman–Crippen LogP) is 2.07. The Morgan fingerprint density at radius 2 is 1.88 bits per heavy atom. The van der Waals surface area contributed by atoms with Crippen LogP contribution in [-0.4, -0.2) is 24.5 Å². The summed E-state index contributed by atoms with van der Waals surface area (Å²) in [5, 5.41) is 9.05. The van der Waals surface area contributed by atoms with E-state index < -0.39 is 27.0 Å². The first-order valence-corrected chi connectivity index (χ1v) is 7.29. The van der Waals surface area contributed by atoms with Crippen molar-refractivity contribution in [2.75, 3.05) is 5.75 Å². The summed E-state index contributed by atoms with van der Waals surface area (Å²) >= 11 is 0. The lowest BCUT2D eigenvalue weighted by Crippen LogP contribution is -2.29. The van der Waals surface area contributed by atoms with Gasteiger partial charge in [0, 0.05) is 11.3 Å². The molecule has 0 unspecified atom stereocenters. The van der Waals surface area contributed by atoms with Gasteiger partial charge in [0.05, 0.1) is 11.4 Å². The fraction of sp³-hybridized carbons (Fsp3) is 0.500. The summed E-state index contributed by atoms with van der Waals surface area (Å²) in [4.78, 5) is 0. The van der Waals surface area contributed by atoms with Crippen molar-refractivity contribution in [1.82, 2.24) is 0 Å². The minimum Gasteiger partial charge on any atom is -0.387 e. The first-order chi connectivity index (χ1) is 7.94. The van der Waals surface area contributed by atoms with Crippen LogP contribution >= 0.6 is 0 Å². The van der Waals surface area contributed by atoms with Crippen molar-refractivity contribution in [3.8, 4) is 0 Å². The van der Waals surface area contributed by atoms with Gasteiger partial charge in [-0.15, -0.1) is 0 Å². The topological polar surface area (TPSA) is 54.4 Å². The van der Waals surface area contributed by atoms with Crippen LogP contribution < -0.4 is 0 Å². The van der Waals surface area contributed by atoms with Gasteiger partial charge in [-0.25, -0.2) is 12.8 Å². The Labute approximate surface area is 101 Å². The molecule has 0 spiro atoms. The fourth-order valence-electron chi connectivity index (χ4n) is 1.80. The predicted molar refractivity (Wildman–Crippen MR) is 64.9 cm³/mol. The maximum absolute atomic E-state index is 13.5. The largest absolute Gasteiger partial charge is 0.387 e. The number of aliphatic hydroxyl groups excluding tert-OH is 1. The first-order valence-electron chi connectivity index (χ1n) is 5.58. The van der Waals surface area contributed by atoms with Gasteiger partial charge in [-0.05, 0) is 12.5 Å². The number of aliphatic hydroxyl groups is 1. The van der Waals surface area contributed by atoms with E-state index in [0.29, 0.717) is 0 Å². The highest BCUT2D eigenvalue weighted by atomic mass is 32.2. The van der Waals surface area contributed by atoms with Crippen LogP contribution in [0.3, 0.4) is 0 Å². The Morgan fingerprint density at radius 3 is 2.35 bits per heavy atom. The molecule has 0 aliphatic carbocycles. The molecule has 0 bridgehead atoms. The Morgan fingerprint density at radius 1 is 1.29 bits per heavy atom. The van der Waals surface area contributed by atoms with E-state index in [-0.39, 0.29) is 17.7 Å². The first kappa shape index (κ1) is 14.1. The Kier molecular flexibility index (Phi) is 4.65. The SMILES string of the molecule is CC[C@H]([C@H](O)c1ccccc1F)S(=O)(=O)CC. The maximum atomic E-state index is 13.5. The van der Waals surface area contributed by atoms with Crippen molar-refractivity contribution < 1.29 is 17.9 Å². The van der Waals surface area contributed by atoms with Crippen LogP contribution in [0, 0.1) is 5.82 Å². The number of halogens is 1. The number of hydrogen-bond donors (Lipinski definition) is 1. The van der Waals surface area contributed by atoms with E-state index in [1.54, 1.807) is 13.0 Å². The van der Waals surface area contributed by atoms with Gasteiger partial charge in [-0.2, -0.15) is 0 Å². The minimum absolute atomic E-state index is 0.0383. The number of rotatable bonds is 5. The van der Waals surface area contributed by atoms with Crippen LogP contribution in [0.5, 0.6) is 0 Å². The molecule has 0 aliphatic heterocycles. The Bertz CT molecular complexity index is 470. The van der Waals surface area contributed by atoms with Crippen LogP contribution in [-0.2, 0) is 9.84 Å². The van der Waals surface area contributed by atoms with Crippen molar-refractivity contribution in [2.24, 2.45) is 0 Å². The molecule has 17 heavy (non-hydrogen) atoms. The molecule has 0 heterocycles. The van der Waals surface area contributed by atoms with Gasteiger partial charge in [0.15, 0.2) is 9.84 Å². The molecule has 0 saturated carbocycles. The van der Waals surface area contributed by atoms with Gasteiger partial charge in [-0.1, -0.05) is 32.0 Å². The normalized spacial score (nSPS) is 15.5. The van der Waals surface area contributed by atoms with Crippen molar-refractivity contribution >= 4 is 9.84 Å². The lowest BCUT2D eigenvalue weighted by molar-refractivity contribution is 0.164. The van der Waals surface area contributed by atoms with Crippen molar-refractivity contribution in [2.45, 2.75) is 31.6 Å². The van der Waals surface area contributed by atoms with E-state index in [2.05, 4.69) is 0 Å². The summed E-state index contributed by atoms with van der Waals surface area (Å²) < 4.78 is 37.0. The molecule has 1 rings (SSSR count). The molecule has 5 heteroatoms. The highest BCUT2D eigenvalue weighted by molar-refractivity contribution is 7.92. The summed E-state index contributed by atoms with van der Waals surface area (Å²) in [6.45, 7) is 3.19. The van der Waals surface area contributed by atoms with Crippen molar-refractivity contribution in [3.63, 3.8) is 0 Å². The zero-order valence-electron chi connectivity index (χ0n) is 9.93. The molecule has 1 aromatic carbocycles. The molecule has 2 atom stereocenters. The van der Waals surface area contributed by atoms with Gasteiger partial charge in [-0.3, -0.25) is 0 Å². The number of sulfone groups is 1. The summed E-state index contributed by atoms with van der Waals surface area (Å²) in [7, 11) is -3.39. The lowest BCUT2D eigenvalue weighted by atomic mass is 10.0. The molecule has 0 aromatic heterocycles. The standard InChI is InChI=1S/C12H17FO3S/c1-3-11(17(15,16)4-2)12(14)9-7-5-6-8-10(9)13/h5-8,11-12,14H,3-4H2,1-2H3/t11-,12-/m1/s1. The molecule has 3 nitrogen and oxygen atoms in total. The second-order valence-corrected chi connectivity index (χ2v) is 6.37. The van der Waals surface area contributed by atoms with E-state index in [4.69, 9.17) is 0 Å². The number of hydrogen-bond acceptors (Lipinski definition) is 3. The molecule has 0 fully saturated rings. The van der Waals surface area contributed by atoms with E-state index in [1.165, 1.54) is 25.1 Å². The zero-order valence-corrected chi connectivity index (χ0v) is 10.7. The Hall–Kier alpha value is -0.940. The third-order valence-electron chi connectivity index (χ3n) is 2.84. The smallest absolute Gasteiger partial charge is 0.155 e. The summed E-state index contributed by atoms with van der Waals surface area (Å²) in [6, 6.07) is 5.70. The maximum Gasteiger partial charge on any atom is 0.155 e. The second kappa shape index (κ2) is 5.60.